The van der Waals surface area contributed by atoms with E-state index >= 15 is 0 Å². The van der Waals surface area contributed by atoms with Crippen molar-refractivity contribution >= 4 is 78.9 Å². The van der Waals surface area contributed by atoms with E-state index in [2.05, 4.69) is 21.2 Å². The van der Waals surface area contributed by atoms with Gasteiger partial charge in [-0.1, -0.05) is 87.6 Å². The van der Waals surface area contributed by atoms with Crippen molar-refractivity contribution in [2.24, 2.45) is 5.92 Å². The van der Waals surface area contributed by atoms with Crippen LogP contribution in [0.3, 0.4) is 0 Å². The molecule has 0 bridgehead atoms. The monoisotopic (exact) mass is 673 g/mol. The number of carbonyl (C=O) groups is 3. The van der Waals surface area contributed by atoms with Gasteiger partial charge in [0.05, 0.1) is 16.6 Å². The fourth-order valence-electron chi connectivity index (χ4n) is 5.80. The predicted octanol–water partition coefficient (Wildman–Crippen LogP) is 6.40. The molecule has 0 saturated carbocycles. The van der Waals surface area contributed by atoms with E-state index in [0.717, 1.165) is 38.3 Å². The summed E-state index contributed by atoms with van der Waals surface area (Å²) in [6.07, 6.45) is 0. The van der Waals surface area contributed by atoms with Crippen LogP contribution in [0.2, 0.25) is 0 Å². The third-order valence-electron chi connectivity index (χ3n) is 7.73. The highest BCUT2D eigenvalue weighted by Gasteiger charge is 2.56. The number of aromatic nitrogens is 1. The van der Waals surface area contributed by atoms with E-state index in [-0.39, 0.29) is 17.3 Å². The molecule has 4 aromatic carbocycles. The highest BCUT2D eigenvalue weighted by molar-refractivity contribution is 9.10. The van der Waals surface area contributed by atoms with Crippen LogP contribution in [0.1, 0.15) is 16.4 Å². The molecular weight excluding hydrogens is 653 g/mol. The summed E-state index contributed by atoms with van der Waals surface area (Å²) in [5.74, 6) is -3.09. The van der Waals surface area contributed by atoms with Gasteiger partial charge >= 0.3 is 4.87 Å². The molecule has 11 heteroatoms. The first-order valence-electron chi connectivity index (χ1n) is 13.4. The first kappa shape index (κ1) is 27.8. The number of thiazole rings is 1. The summed E-state index contributed by atoms with van der Waals surface area (Å²) in [5.41, 5.74) is 1.69. The Bertz CT molecular complexity index is 1990. The molecule has 1 saturated heterocycles. The maximum absolute atomic E-state index is 13.9. The smallest absolute Gasteiger partial charge is 0.308 e. The largest absolute Gasteiger partial charge is 0.324 e. The van der Waals surface area contributed by atoms with Crippen LogP contribution in [0.4, 0.5) is 15.8 Å². The zero-order valence-electron chi connectivity index (χ0n) is 22.2. The van der Waals surface area contributed by atoms with Crippen molar-refractivity contribution in [1.82, 2.24) is 4.57 Å². The second-order valence-electron chi connectivity index (χ2n) is 10.3. The van der Waals surface area contributed by atoms with Crippen LogP contribution in [0, 0.1) is 11.7 Å². The summed E-state index contributed by atoms with van der Waals surface area (Å²) in [4.78, 5) is 55.9. The lowest BCUT2D eigenvalue weighted by Crippen LogP contribution is -2.33. The second-order valence-corrected chi connectivity index (χ2v) is 13.3. The van der Waals surface area contributed by atoms with E-state index in [9.17, 15) is 23.6 Å². The molecule has 0 radical (unpaired) electrons. The highest BCUT2D eigenvalue weighted by Crippen LogP contribution is 2.53. The van der Waals surface area contributed by atoms with Crippen molar-refractivity contribution in [2.45, 2.75) is 22.7 Å². The molecule has 43 heavy (non-hydrogen) atoms. The summed E-state index contributed by atoms with van der Waals surface area (Å²) in [7, 11) is 0. The zero-order valence-corrected chi connectivity index (χ0v) is 25.4. The van der Waals surface area contributed by atoms with Crippen LogP contribution in [0.25, 0.3) is 10.8 Å². The standard InChI is InChI=1S/C32H21BrFN3O4S2/c33-19-10-14-21(15-11-19)37-29(39)26-25(18-8-12-20(34)13-9-18)28-31(42-27(26)30(37)40)36(32(41)43-28)16-24(38)35-23-7-3-5-17-4-1-2-6-22(17)23/h1-15,25-27H,16H2,(H,35,38)/t25-,26-,27+/m0/s1. The summed E-state index contributed by atoms with van der Waals surface area (Å²) >= 11 is 5.48. The molecule has 2 aliphatic rings. The first-order valence-corrected chi connectivity index (χ1v) is 15.9. The van der Waals surface area contributed by atoms with Gasteiger partial charge in [0.2, 0.25) is 17.7 Å². The molecule has 0 unspecified atom stereocenters. The molecule has 3 atom stereocenters. The van der Waals surface area contributed by atoms with E-state index < -0.39 is 34.7 Å². The lowest BCUT2D eigenvalue weighted by Gasteiger charge is -2.30. The number of imide groups is 1. The number of thioether (sulfide) groups is 1. The number of nitrogens with one attached hydrogen (secondary N) is 1. The fourth-order valence-corrected chi connectivity index (χ4v) is 8.83. The van der Waals surface area contributed by atoms with Crippen LogP contribution < -0.4 is 15.1 Å². The van der Waals surface area contributed by atoms with Gasteiger partial charge in [-0.15, -0.1) is 0 Å². The normalized spacial score (nSPS) is 19.4. The minimum atomic E-state index is -0.833. The minimum absolute atomic E-state index is 0.271. The molecule has 5 aromatic rings. The Balaban J connectivity index is 1.28. The molecule has 1 fully saturated rings. The van der Waals surface area contributed by atoms with Crippen LogP contribution in [0.5, 0.6) is 0 Å². The summed E-state index contributed by atoms with van der Waals surface area (Å²) in [6, 6.07) is 25.9. The van der Waals surface area contributed by atoms with E-state index in [1.807, 2.05) is 36.4 Å². The van der Waals surface area contributed by atoms with Crippen LogP contribution in [-0.2, 0) is 20.9 Å². The number of carbonyl (C=O) groups excluding carboxylic acids is 3. The minimum Gasteiger partial charge on any atom is -0.324 e. The van der Waals surface area contributed by atoms with Crippen molar-refractivity contribution in [3.05, 3.63) is 121 Å². The molecule has 0 aliphatic carbocycles. The van der Waals surface area contributed by atoms with Gasteiger partial charge in [-0.05, 0) is 53.4 Å². The summed E-state index contributed by atoms with van der Waals surface area (Å²) in [6.45, 7) is -0.271. The number of nitrogens with zero attached hydrogens (tertiary/aromatic N) is 2. The van der Waals surface area contributed by atoms with Gasteiger partial charge in [-0.3, -0.25) is 23.7 Å². The third kappa shape index (κ3) is 4.81. The molecule has 3 amide bonds. The molecule has 2 aliphatic heterocycles. The Morgan fingerprint density at radius 1 is 0.884 bits per heavy atom. The van der Waals surface area contributed by atoms with E-state index in [0.29, 0.717) is 26.8 Å². The van der Waals surface area contributed by atoms with Crippen LogP contribution >= 0.6 is 39.0 Å². The van der Waals surface area contributed by atoms with Crippen molar-refractivity contribution in [3.8, 4) is 0 Å². The van der Waals surface area contributed by atoms with Gasteiger partial charge in [0.25, 0.3) is 0 Å². The highest BCUT2D eigenvalue weighted by atomic mass is 79.9. The van der Waals surface area contributed by atoms with Gasteiger partial charge in [-0.2, -0.15) is 0 Å². The molecule has 0 spiro atoms. The summed E-state index contributed by atoms with van der Waals surface area (Å²) < 4.78 is 16.1. The third-order valence-corrected chi connectivity index (χ3v) is 10.9. The topological polar surface area (TPSA) is 88.5 Å². The van der Waals surface area contributed by atoms with E-state index in [1.54, 1.807) is 42.5 Å². The number of anilines is 2. The Labute approximate surface area is 261 Å². The quantitative estimate of drug-likeness (QED) is 0.218. The average molecular weight is 675 g/mol. The molecule has 7 rings (SSSR count). The molecule has 214 valence electrons. The Morgan fingerprint density at radius 3 is 2.37 bits per heavy atom. The molecule has 3 heterocycles. The second kappa shape index (κ2) is 10.9. The van der Waals surface area contributed by atoms with Crippen LogP contribution in [0.15, 0.2) is 105 Å². The predicted molar refractivity (Wildman–Crippen MR) is 169 cm³/mol. The van der Waals surface area contributed by atoms with Gasteiger partial charge < -0.3 is 5.32 Å². The SMILES string of the molecule is O=C(Cn1c2c(sc1=O)[C@@H](c1ccc(F)cc1)[C@@H]1C(=O)N(c3ccc(Br)cc3)C(=O)[C@@H]1S2)Nc1cccc2ccccc12. The van der Waals surface area contributed by atoms with Crippen molar-refractivity contribution in [2.75, 3.05) is 10.2 Å². The zero-order chi connectivity index (χ0) is 29.8. The van der Waals surface area contributed by atoms with E-state index in [4.69, 9.17) is 0 Å². The molecule has 7 nitrogen and oxygen atoms in total. The number of fused-ring (bicyclic) bond motifs is 3. The molecular formula is C32H21BrFN3O4S2. The average Bonchev–Trinajstić information content (AvgIpc) is 3.44. The number of hydrogen-bond donors (Lipinski definition) is 1. The van der Waals surface area contributed by atoms with Gasteiger partial charge in [0, 0.05) is 26.3 Å². The Morgan fingerprint density at radius 2 is 1.60 bits per heavy atom. The molecule has 1 N–H and O–H groups in total. The number of benzene rings is 4. The van der Waals surface area contributed by atoms with Crippen molar-refractivity contribution in [1.29, 1.82) is 0 Å². The van der Waals surface area contributed by atoms with Gasteiger partial charge in [-0.25, -0.2) is 9.29 Å². The van der Waals surface area contributed by atoms with Crippen LogP contribution in [-0.4, -0.2) is 27.5 Å². The number of amides is 3. The Kier molecular flexibility index (Phi) is 7.03. The number of hydrogen-bond acceptors (Lipinski definition) is 6. The lowest BCUT2D eigenvalue weighted by atomic mass is 9.83. The summed E-state index contributed by atoms with van der Waals surface area (Å²) in [5, 5.41) is 4.40. The van der Waals surface area contributed by atoms with Gasteiger partial charge in [0.15, 0.2) is 0 Å². The maximum Gasteiger partial charge on any atom is 0.308 e. The maximum atomic E-state index is 13.9. The Hall–Kier alpha value is -4.06. The number of rotatable bonds is 5. The van der Waals surface area contributed by atoms with Crippen molar-refractivity contribution < 1.29 is 18.8 Å². The molecule has 1 aromatic heterocycles. The first-order chi connectivity index (χ1) is 20.8. The van der Waals surface area contributed by atoms with E-state index in [1.165, 1.54) is 21.6 Å². The van der Waals surface area contributed by atoms with Crippen molar-refractivity contribution in [3.63, 3.8) is 0 Å². The van der Waals surface area contributed by atoms with Gasteiger partial charge in [0.1, 0.15) is 17.6 Å². The number of halogens is 2. The lowest BCUT2D eigenvalue weighted by molar-refractivity contribution is -0.122. The fraction of sp³-hybridized carbons (Fsp3) is 0.125.